The van der Waals surface area contributed by atoms with Crippen LogP contribution in [0.1, 0.15) is 0 Å². The summed E-state index contributed by atoms with van der Waals surface area (Å²) in [6.07, 6.45) is 0. The van der Waals surface area contributed by atoms with Crippen molar-refractivity contribution in [3.8, 4) is 20.9 Å². The van der Waals surface area contributed by atoms with Gasteiger partial charge in [0, 0.05) is 69.5 Å². The summed E-state index contributed by atoms with van der Waals surface area (Å²) in [5.74, 6) is 0. The van der Waals surface area contributed by atoms with E-state index in [0.717, 1.165) is 0 Å². The van der Waals surface area contributed by atoms with Crippen molar-refractivity contribution in [2.75, 3.05) is 38.0 Å². The Bertz CT molecular complexity index is 1810. The average Bonchev–Trinajstić information content (AvgIpc) is 3.58. The molecule has 2 heterocycles. The van der Waals surface area contributed by atoms with Gasteiger partial charge < -0.3 is 9.80 Å². The van der Waals surface area contributed by atoms with Crippen LogP contribution in [0.4, 0.5) is 11.4 Å². The zero-order valence-electron chi connectivity index (χ0n) is 21.9. The molecule has 2 aromatic heterocycles. The first-order valence-electron chi connectivity index (χ1n) is 12.8. The second-order valence-corrected chi connectivity index (χ2v) is 12.4. The molecule has 0 aliphatic carbocycles. The summed E-state index contributed by atoms with van der Waals surface area (Å²) in [6, 6.07) is 36.3. The zero-order chi connectivity index (χ0) is 26.0. The van der Waals surface area contributed by atoms with Gasteiger partial charge in [-0.2, -0.15) is 0 Å². The summed E-state index contributed by atoms with van der Waals surface area (Å²) in [5.41, 5.74) is 5.00. The molecule has 0 aliphatic rings. The number of benzene rings is 5. The molecule has 0 radical (unpaired) electrons. The largest absolute Gasteiger partial charge is 0.378 e. The van der Waals surface area contributed by atoms with Crippen LogP contribution in [0, 0.1) is 0 Å². The van der Waals surface area contributed by atoms with Gasteiger partial charge in [-0.3, -0.25) is 0 Å². The molecule has 38 heavy (non-hydrogen) atoms. The van der Waals surface area contributed by atoms with Gasteiger partial charge >= 0.3 is 0 Å². The third-order valence-corrected chi connectivity index (χ3v) is 9.96. The quantitative estimate of drug-likeness (QED) is 0.210. The minimum Gasteiger partial charge on any atom is -0.378 e. The van der Waals surface area contributed by atoms with Crippen LogP contribution in [-0.4, -0.2) is 28.2 Å². The van der Waals surface area contributed by atoms with Crippen LogP contribution in [0.3, 0.4) is 0 Å². The Balaban J connectivity index is 1.34. The van der Waals surface area contributed by atoms with Crippen LogP contribution in [0.2, 0.25) is 0 Å². The maximum absolute atomic E-state index is 2.34. The molecule has 186 valence electrons. The van der Waals surface area contributed by atoms with Crippen molar-refractivity contribution in [3.05, 3.63) is 97.1 Å². The summed E-state index contributed by atoms with van der Waals surface area (Å²) >= 11 is 3.79. The Morgan fingerprint density at radius 2 is 0.789 bits per heavy atom. The van der Waals surface area contributed by atoms with Gasteiger partial charge in [-0.05, 0) is 69.1 Å². The van der Waals surface area contributed by atoms with E-state index in [1.807, 2.05) is 22.7 Å². The first-order valence-corrected chi connectivity index (χ1v) is 14.5. The lowest BCUT2D eigenvalue weighted by Gasteiger charge is -2.12. The van der Waals surface area contributed by atoms with Gasteiger partial charge in [0.15, 0.2) is 0 Å². The van der Waals surface area contributed by atoms with Gasteiger partial charge in [0.2, 0.25) is 0 Å². The molecule has 0 saturated heterocycles. The second-order valence-electron chi connectivity index (χ2n) is 10.3. The van der Waals surface area contributed by atoms with E-state index in [-0.39, 0.29) is 0 Å². The first kappa shape index (κ1) is 23.3. The van der Waals surface area contributed by atoms with Crippen LogP contribution < -0.4 is 9.80 Å². The van der Waals surface area contributed by atoms with Gasteiger partial charge in [-0.15, -0.1) is 22.7 Å². The third kappa shape index (κ3) is 3.75. The molecule has 7 rings (SSSR count). The van der Waals surface area contributed by atoms with Gasteiger partial charge in [0.05, 0.1) is 0 Å². The standard InChI is InChI=1S/C34H28N2S2/c1-35(2)25-11-5-21(6-12-25)31-19-23-9-15-27-28-16-10-24-20-32(22-7-13-26(14-8-22)36(3)4)38-34(24)30(28)18-17-29(27)33(23)37-31/h5-20H,1-4H3. The molecule has 0 N–H and O–H groups in total. The summed E-state index contributed by atoms with van der Waals surface area (Å²) in [5, 5.41) is 7.97. The minimum atomic E-state index is 1.22. The fourth-order valence-electron chi connectivity index (χ4n) is 5.35. The zero-order valence-corrected chi connectivity index (χ0v) is 23.6. The fraction of sp³-hybridized carbons (Fsp3) is 0.118. The number of fused-ring (bicyclic) bond motifs is 7. The van der Waals surface area contributed by atoms with E-state index in [1.54, 1.807) is 0 Å². The molecule has 0 aliphatic heterocycles. The van der Waals surface area contributed by atoms with Crippen molar-refractivity contribution >= 4 is 75.8 Å². The Hall–Kier alpha value is -3.86. The summed E-state index contributed by atoms with van der Waals surface area (Å²) < 4.78 is 2.73. The van der Waals surface area contributed by atoms with E-state index in [9.17, 15) is 0 Å². The topological polar surface area (TPSA) is 6.48 Å². The number of rotatable bonds is 4. The average molecular weight is 529 g/mol. The van der Waals surface area contributed by atoms with E-state index < -0.39 is 0 Å². The Labute approximate surface area is 231 Å². The van der Waals surface area contributed by atoms with Crippen LogP contribution in [0.25, 0.3) is 62.6 Å². The lowest BCUT2D eigenvalue weighted by atomic mass is 9.99. The van der Waals surface area contributed by atoms with E-state index in [1.165, 1.54) is 74.0 Å². The number of thiophene rings is 2. The van der Waals surface area contributed by atoms with Gasteiger partial charge in [-0.1, -0.05) is 60.7 Å². The Kier molecular flexibility index (Phi) is 5.43. The van der Waals surface area contributed by atoms with E-state index in [2.05, 4.69) is 135 Å². The lowest BCUT2D eigenvalue weighted by Crippen LogP contribution is -2.07. The highest BCUT2D eigenvalue weighted by Gasteiger charge is 2.13. The monoisotopic (exact) mass is 528 g/mol. The lowest BCUT2D eigenvalue weighted by molar-refractivity contribution is 1.13. The molecule has 0 saturated carbocycles. The molecule has 0 fully saturated rings. The number of anilines is 2. The molecule has 0 bridgehead atoms. The highest BCUT2D eigenvalue weighted by atomic mass is 32.1. The van der Waals surface area contributed by atoms with Gasteiger partial charge in [0.25, 0.3) is 0 Å². The normalized spacial score (nSPS) is 11.7. The number of hydrogen-bond acceptors (Lipinski definition) is 4. The van der Waals surface area contributed by atoms with Crippen molar-refractivity contribution in [1.29, 1.82) is 0 Å². The van der Waals surface area contributed by atoms with Crippen molar-refractivity contribution in [3.63, 3.8) is 0 Å². The molecular formula is C34H28N2S2. The molecular weight excluding hydrogens is 501 g/mol. The molecule has 0 unspecified atom stereocenters. The van der Waals surface area contributed by atoms with Crippen molar-refractivity contribution < 1.29 is 0 Å². The molecule has 5 aromatic carbocycles. The molecule has 0 amide bonds. The SMILES string of the molecule is CN(C)c1ccc(-c2cc3ccc4c5ccc6cc(-c7ccc(N(C)C)cc7)sc6c5ccc4c3s2)cc1. The molecule has 0 spiro atoms. The summed E-state index contributed by atoms with van der Waals surface area (Å²) in [6.45, 7) is 0. The van der Waals surface area contributed by atoms with Crippen LogP contribution >= 0.6 is 22.7 Å². The van der Waals surface area contributed by atoms with Crippen LogP contribution in [-0.2, 0) is 0 Å². The summed E-state index contributed by atoms with van der Waals surface area (Å²) in [7, 11) is 8.33. The van der Waals surface area contributed by atoms with Crippen LogP contribution in [0.15, 0.2) is 97.1 Å². The predicted molar refractivity (Wildman–Crippen MR) is 172 cm³/mol. The molecule has 4 heteroatoms. The maximum atomic E-state index is 2.34. The van der Waals surface area contributed by atoms with Gasteiger partial charge in [-0.25, -0.2) is 0 Å². The number of hydrogen-bond donors (Lipinski definition) is 0. The first-order chi connectivity index (χ1) is 18.5. The third-order valence-electron chi connectivity index (χ3n) is 7.49. The Morgan fingerprint density at radius 1 is 0.421 bits per heavy atom. The van der Waals surface area contributed by atoms with Crippen molar-refractivity contribution in [2.24, 2.45) is 0 Å². The smallest absolute Gasteiger partial charge is 0.0428 e. The van der Waals surface area contributed by atoms with Gasteiger partial charge in [0.1, 0.15) is 0 Å². The molecule has 2 nitrogen and oxygen atoms in total. The summed E-state index contributed by atoms with van der Waals surface area (Å²) in [4.78, 5) is 6.91. The van der Waals surface area contributed by atoms with Crippen LogP contribution in [0.5, 0.6) is 0 Å². The molecule has 0 atom stereocenters. The predicted octanol–water partition coefficient (Wildman–Crippen LogP) is 9.89. The minimum absolute atomic E-state index is 1.22. The Morgan fingerprint density at radius 3 is 1.16 bits per heavy atom. The molecule has 7 aromatic rings. The fourth-order valence-corrected chi connectivity index (χ4v) is 7.73. The van der Waals surface area contributed by atoms with Crippen molar-refractivity contribution in [2.45, 2.75) is 0 Å². The van der Waals surface area contributed by atoms with E-state index in [0.29, 0.717) is 0 Å². The highest BCUT2D eigenvalue weighted by molar-refractivity contribution is 7.23. The van der Waals surface area contributed by atoms with Crippen molar-refractivity contribution in [1.82, 2.24) is 0 Å². The van der Waals surface area contributed by atoms with E-state index >= 15 is 0 Å². The highest BCUT2D eigenvalue weighted by Crippen LogP contribution is 2.43. The maximum Gasteiger partial charge on any atom is 0.0428 e. The number of nitrogens with zero attached hydrogens (tertiary/aromatic N) is 2. The van der Waals surface area contributed by atoms with E-state index in [4.69, 9.17) is 0 Å². The second kappa shape index (κ2) is 8.87.